The van der Waals surface area contributed by atoms with Gasteiger partial charge in [0.15, 0.2) is 0 Å². The molecule has 128 valence electrons. The van der Waals surface area contributed by atoms with E-state index < -0.39 is 10.0 Å². The highest BCUT2D eigenvalue weighted by Crippen LogP contribution is 2.27. The van der Waals surface area contributed by atoms with Gasteiger partial charge in [0.05, 0.1) is 5.92 Å². The van der Waals surface area contributed by atoms with Crippen LogP contribution in [-0.2, 0) is 14.8 Å². The second-order valence-corrected chi connectivity index (χ2v) is 9.99. The lowest BCUT2D eigenvalue weighted by atomic mass is 9.99. The van der Waals surface area contributed by atoms with Crippen molar-refractivity contribution in [3.8, 4) is 0 Å². The zero-order valence-electron chi connectivity index (χ0n) is 12.8. The van der Waals surface area contributed by atoms with Gasteiger partial charge in [-0.05, 0) is 71.1 Å². The number of anilines is 1. The number of piperidine rings is 1. The van der Waals surface area contributed by atoms with E-state index in [-0.39, 0.29) is 18.4 Å². The summed E-state index contributed by atoms with van der Waals surface area (Å²) in [7, 11) is -3.49. The van der Waals surface area contributed by atoms with Crippen LogP contribution < -0.4 is 5.32 Å². The van der Waals surface area contributed by atoms with Gasteiger partial charge in [-0.1, -0.05) is 6.07 Å². The van der Waals surface area contributed by atoms with Crippen LogP contribution in [0.2, 0.25) is 0 Å². The summed E-state index contributed by atoms with van der Waals surface area (Å²) in [5, 5.41) is 4.63. The first-order chi connectivity index (χ1) is 11.5. The van der Waals surface area contributed by atoms with Crippen LogP contribution in [0.4, 0.5) is 5.69 Å². The molecule has 1 atom stereocenters. The fraction of sp³-hybridized carbons (Fsp3) is 0.312. The smallest absolute Gasteiger partial charge is 0.252 e. The Balaban J connectivity index is 1.69. The second-order valence-electron chi connectivity index (χ2n) is 5.63. The van der Waals surface area contributed by atoms with Crippen LogP contribution in [-0.4, -0.2) is 31.7 Å². The van der Waals surface area contributed by atoms with Gasteiger partial charge in [-0.15, -0.1) is 11.3 Å². The van der Waals surface area contributed by atoms with Crippen LogP contribution in [0.15, 0.2) is 46.0 Å². The molecule has 2 heterocycles. The molecule has 0 unspecified atom stereocenters. The Bertz CT molecular complexity index is 804. The number of carbonyl (C=O) groups is 1. The normalized spacial score (nSPS) is 19.1. The molecule has 1 fully saturated rings. The predicted molar refractivity (Wildman–Crippen MR) is 104 cm³/mol. The summed E-state index contributed by atoms with van der Waals surface area (Å²) in [5.41, 5.74) is 0.735. The van der Waals surface area contributed by atoms with E-state index in [1.54, 1.807) is 17.5 Å². The maximum atomic E-state index is 12.6. The van der Waals surface area contributed by atoms with E-state index in [1.165, 1.54) is 15.6 Å². The molecule has 0 saturated carbocycles. The number of amides is 1. The van der Waals surface area contributed by atoms with Gasteiger partial charge in [0.25, 0.3) is 10.0 Å². The molecule has 8 heteroatoms. The van der Waals surface area contributed by atoms with Crippen LogP contribution in [0.25, 0.3) is 0 Å². The molecule has 1 saturated heterocycles. The summed E-state index contributed by atoms with van der Waals surface area (Å²) in [4.78, 5) is 12.5. The summed E-state index contributed by atoms with van der Waals surface area (Å²) in [6.45, 7) is 0.698. The topological polar surface area (TPSA) is 66.5 Å². The molecule has 0 aliphatic carbocycles. The summed E-state index contributed by atoms with van der Waals surface area (Å²) >= 11 is 3.41. The van der Waals surface area contributed by atoms with E-state index in [0.29, 0.717) is 23.6 Å². The van der Waals surface area contributed by atoms with Crippen LogP contribution in [0.1, 0.15) is 12.8 Å². The fourth-order valence-electron chi connectivity index (χ4n) is 2.69. The SMILES string of the molecule is O=C(Nc1ccc(I)cc1)[C@@H]1CCCN(S(=O)(=O)c2cccs2)C1. The molecular formula is C16H17IN2O3S2. The van der Waals surface area contributed by atoms with Crippen molar-refractivity contribution in [1.29, 1.82) is 0 Å². The number of nitrogens with zero attached hydrogens (tertiary/aromatic N) is 1. The molecule has 0 bridgehead atoms. The zero-order valence-corrected chi connectivity index (χ0v) is 16.6. The Hall–Kier alpha value is -0.970. The number of benzene rings is 1. The van der Waals surface area contributed by atoms with Crippen LogP contribution in [0.5, 0.6) is 0 Å². The van der Waals surface area contributed by atoms with Gasteiger partial charge < -0.3 is 5.32 Å². The monoisotopic (exact) mass is 476 g/mol. The quantitative estimate of drug-likeness (QED) is 0.689. The first kappa shape index (κ1) is 17.8. The molecule has 0 radical (unpaired) electrons. The molecule has 1 aliphatic heterocycles. The van der Waals surface area contributed by atoms with Crippen molar-refractivity contribution in [2.75, 3.05) is 18.4 Å². The molecule has 0 spiro atoms. The predicted octanol–water partition coefficient (Wildman–Crippen LogP) is 3.39. The average molecular weight is 476 g/mol. The number of thiophene rings is 1. The molecule has 24 heavy (non-hydrogen) atoms. The Morgan fingerprint density at radius 2 is 2.00 bits per heavy atom. The third-order valence-electron chi connectivity index (χ3n) is 3.96. The molecular weight excluding hydrogens is 459 g/mol. The fourth-order valence-corrected chi connectivity index (χ4v) is 5.72. The summed E-state index contributed by atoms with van der Waals surface area (Å²) < 4.78 is 28.1. The molecule has 2 aromatic rings. The van der Waals surface area contributed by atoms with E-state index in [2.05, 4.69) is 27.9 Å². The van der Waals surface area contributed by atoms with Crippen molar-refractivity contribution in [3.63, 3.8) is 0 Å². The lowest BCUT2D eigenvalue weighted by Crippen LogP contribution is -2.43. The van der Waals surface area contributed by atoms with E-state index in [0.717, 1.165) is 9.26 Å². The highest BCUT2D eigenvalue weighted by atomic mass is 127. The highest BCUT2D eigenvalue weighted by molar-refractivity contribution is 14.1. The molecule has 1 amide bonds. The summed E-state index contributed by atoms with van der Waals surface area (Å²) in [6, 6.07) is 10.9. The van der Waals surface area contributed by atoms with E-state index in [9.17, 15) is 13.2 Å². The average Bonchev–Trinajstić information content (AvgIpc) is 3.12. The van der Waals surface area contributed by atoms with Crippen LogP contribution in [0, 0.1) is 9.49 Å². The highest BCUT2D eigenvalue weighted by Gasteiger charge is 2.33. The van der Waals surface area contributed by atoms with Gasteiger partial charge in [0, 0.05) is 22.3 Å². The Labute approximate surface area is 159 Å². The molecule has 1 N–H and O–H groups in total. The van der Waals surface area contributed by atoms with Crippen LogP contribution in [0.3, 0.4) is 0 Å². The minimum absolute atomic E-state index is 0.123. The minimum atomic E-state index is -3.49. The molecule has 1 aromatic carbocycles. The lowest BCUT2D eigenvalue weighted by Gasteiger charge is -2.30. The Morgan fingerprint density at radius 1 is 1.25 bits per heavy atom. The van der Waals surface area contributed by atoms with E-state index in [1.807, 2.05) is 24.3 Å². The molecule has 5 nitrogen and oxygen atoms in total. The molecule has 1 aromatic heterocycles. The van der Waals surface area contributed by atoms with Gasteiger partial charge in [-0.25, -0.2) is 8.42 Å². The van der Waals surface area contributed by atoms with Crippen molar-refractivity contribution in [1.82, 2.24) is 4.31 Å². The van der Waals surface area contributed by atoms with Gasteiger partial charge in [0.1, 0.15) is 4.21 Å². The van der Waals surface area contributed by atoms with Crippen molar-refractivity contribution in [2.24, 2.45) is 5.92 Å². The van der Waals surface area contributed by atoms with Crippen LogP contribution >= 0.6 is 33.9 Å². The summed E-state index contributed by atoms with van der Waals surface area (Å²) in [6.07, 6.45) is 1.39. The third kappa shape index (κ3) is 3.98. The first-order valence-electron chi connectivity index (χ1n) is 7.57. The number of hydrogen-bond donors (Lipinski definition) is 1. The second kappa shape index (κ2) is 7.51. The van der Waals surface area contributed by atoms with Gasteiger partial charge in [-0.2, -0.15) is 4.31 Å². The first-order valence-corrected chi connectivity index (χ1v) is 11.0. The molecule has 3 rings (SSSR count). The number of hydrogen-bond acceptors (Lipinski definition) is 4. The largest absolute Gasteiger partial charge is 0.326 e. The van der Waals surface area contributed by atoms with Crippen molar-refractivity contribution in [2.45, 2.75) is 17.1 Å². The lowest BCUT2D eigenvalue weighted by molar-refractivity contribution is -0.120. The molecule has 1 aliphatic rings. The number of nitrogens with one attached hydrogen (secondary N) is 1. The van der Waals surface area contributed by atoms with Gasteiger partial charge in [0.2, 0.25) is 5.91 Å². The van der Waals surface area contributed by atoms with Gasteiger partial charge >= 0.3 is 0 Å². The van der Waals surface area contributed by atoms with Crippen molar-refractivity contribution in [3.05, 3.63) is 45.3 Å². The van der Waals surface area contributed by atoms with Gasteiger partial charge in [-0.3, -0.25) is 4.79 Å². The van der Waals surface area contributed by atoms with Crippen molar-refractivity contribution < 1.29 is 13.2 Å². The van der Waals surface area contributed by atoms with E-state index in [4.69, 9.17) is 0 Å². The minimum Gasteiger partial charge on any atom is -0.326 e. The zero-order chi connectivity index (χ0) is 17.2. The number of rotatable bonds is 4. The maximum Gasteiger partial charge on any atom is 0.252 e. The van der Waals surface area contributed by atoms with Crippen molar-refractivity contribution >= 4 is 55.5 Å². The standard InChI is InChI=1S/C16H17IN2O3S2/c17-13-5-7-14(8-6-13)18-16(20)12-3-1-9-19(11-12)24(21,22)15-4-2-10-23-15/h2,4-8,10,12H,1,3,9,11H2,(H,18,20)/t12-/m1/s1. The third-order valence-corrected chi connectivity index (χ3v) is 7.91. The number of sulfonamides is 1. The Morgan fingerprint density at radius 3 is 2.67 bits per heavy atom. The summed E-state index contributed by atoms with van der Waals surface area (Å²) in [5.74, 6) is -0.449. The number of carbonyl (C=O) groups excluding carboxylic acids is 1. The van der Waals surface area contributed by atoms with E-state index >= 15 is 0 Å². The Kier molecular flexibility index (Phi) is 5.58. The number of halogens is 1. The maximum absolute atomic E-state index is 12.6.